The summed E-state index contributed by atoms with van der Waals surface area (Å²) in [7, 11) is 0. The van der Waals surface area contributed by atoms with E-state index < -0.39 is 0 Å². The molecular formula is C4H3ClN2S. The van der Waals surface area contributed by atoms with Crippen LogP contribution < -0.4 is 0 Å². The molecule has 0 N–H and O–H groups in total. The van der Waals surface area contributed by atoms with Crippen LogP contribution in [0.2, 0.25) is 0 Å². The summed E-state index contributed by atoms with van der Waals surface area (Å²) in [6.07, 6.45) is 3.56. The van der Waals surface area contributed by atoms with E-state index in [9.17, 15) is 0 Å². The zero-order valence-electron chi connectivity index (χ0n) is 3.97. The van der Waals surface area contributed by atoms with Crippen LogP contribution in [0.3, 0.4) is 0 Å². The van der Waals surface area contributed by atoms with E-state index in [1.807, 2.05) is 6.19 Å². The molecule has 0 amide bonds. The van der Waals surface area contributed by atoms with Crippen molar-refractivity contribution in [3.8, 4) is 6.19 Å². The first kappa shape index (κ1) is 5.80. The molecule has 0 fully saturated rings. The van der Waals surface area contributed by atoms with Crippen molar-refractivity contribution in [2.24, 2.45) is 0 Å². The second-order valence-corrected chi connectivity index (χ2v) is 2.89. The molecule has 2 nitrogen and oxygen atoms in total. The number of rotatable bonds is 0. The molecule has 42 valence electrons. The molecule has 1 aliphatic heterocycles. The minimum absolute atomic E-state index is 0.662. The van der Waals surface area contributed by atoms with Crippen molar-refractivity contribution in [3.63, 3.8) is 0 Å². The molecule has 1 aliphatic rings. The Morgan fingerprint density at radius 3 is 3.00 bits per heavy atom. The summed E-state index contributed by atoms with van der Waals surface area (Å²) >= 11 is 6.98. The highest BCUT2D eigenvalue weighted by Crippen LogP contribution is 2.27. The fraction of sp³-hybridized carbons (Fsp3) is 0.250. The fourth-order valence-electron chi connectivity index (χ4n) is 0.386. The van der Waals surface area contributed by atoms with Gasteiger partial charge in [0.05, 0.1) is 10.2 Å². The van der Waals surface area contributed by atoms with Crippen molar-refractivity contribution in [1.82, 2.24) is 4.90 Å². The molecule has 0 unspecified atom stereocenters. The third-order valence-electron chi connectivity index (χ3n) is 0.727. The molecule has 0 radical (unpaired) electrons. The lowest BCUT2D eigenvalue weighted by Gasteiger charge is -1.95. The Balaban J connectivity index is 2.57. The van der Waals surface area contributed by atoms with Crippen LogP contribution >= 0.6 is 23.4 Å². The third-order valence-corrected chi connectivity index (χ3v) is 1.94. The van der Waals surface area contributed by atoms with E-state index in [1.165, 1.54) is 16.7 Å². The molecule has 0 atom stereocenters. The number of thioether (sulfide) groups is 1. The van der Waals surface area contributed by atoms with Crippen molar-refractivity contribution in [2.45, 2.75) is 0 Å². The second-order valence-electron chi connectivity index (χ2n) is 1.28. The first-order chi connectivity index (χ1) is 3.83. The van der Waals surface area contributed by atoms with Gasteiger partial charge in [-0.2, -0.15) is 5.26 Å². The van der Waals surface area contributed by atoms with Crippen LogP contribution in [0.1, 0.15) is 0 Å². The number of hydrogen-bond acceptors (Lipinski definition) is 3. The summed E-state index contributed by atoms with van der Waals surface area (Å²) in [4.78, 5) is 1.48. The highest BCUT2D eigenvalue weighted by molar-refractivity contribution is 8.04. The molecule has 1 heterocycles. The number of nitriles is 1. The Labute approximate surface area is 56.7 Å². The number of nitrogens with zero attached hydrogens (tertiary/aromatic N) is 2. The van der Waals surface area contributed by atoms with E-state index in [-0.39, 0.29) is 0 Å². The molecule has 0 aromatic heterocycles. The van der Waals surface area contributed by atoms with Crippen LogP contribution in [0.15, 0.2) is 10.6 Å². The molecule has 0 aliphatic carbocycles. The molecule has 8 heavy (non-hydrogen) atoms. The summed E-state index contributed by atoms with van der Waals surface area (Å²) in [6.45, 7) is 0. The second kappa shape index (κ2) is 2.29. The van der Waals surface area contributed by atoms with E-state index in [0.29, 0.717) is 10.2 Å². The largest absolute Gasteiger partial charge is 0.274 e. The van der Waals surface area contributed by atoms with Crippen LogP contribution in [0.4, 0.5) is 0 Å². The Morgan fingerprint density at radius 1 is 2.00 bits per heavy atom. The van der Waals surface area contributed by atoms with E-state index >= 15 is 0 Å². The lowest BCUT2D eigenvalue weighted by Crippen LogP contribution is -2.02. The van der Waals surface area contributed by atoms with Gasteiger partial charge in [-0.1, -0.05) is 23.4 Å². The average Bonchev–Trinajstić information content (AvgIpc) is 2.14. The van der Waals surface area contributed by atoms with Crippen LogP contribution in [-0.2, 0) is 0 Å². The van der Waals surface area contributed by atoms with Crippen molar-refractivity contribution >= 4 is 23.4 Å². The maximum atomic E-state index is 8.24. The highest BCUT2D eigenvalue weighted by Gasteiger charge is 2.08. The van der Waals surface area contributed by atoms with Gasteiger partial charge in [0.25, 0.3) is 0 Å². The molecular weight excluding hydrogens is 144 g/mol. The van der Waals surface area contributed by atoms with Crippen molar-refractivity contribution in [1.29, 1.82) is 5.26 Å². The van der Waals surface area contributed by atoms with Gasteiger partial charge in [-0.15, -0.1) is 0 Å². The SMILES string of the molecule is N#CN1C=C(Cl)SC1. The molecule has 0 spiro atoms. The van der Waals surface area contributed by atoms with Gasteiger partial charge < -0.3 is 0 Å². The van der Waals surface area contributed by atoms with E-state index in [2.05, 4.69) is 0 Å². The van der Waals surface area contributed by atoms with Crippen LogP contribution in [0.25, 0.3) is 0 Å². The highest BCUT2D eigenvalue weighted by atomic mass is 35.5. The maximum absolute atomic E-state index is 8.24. The van der Waals surface area contributed by atoms with Gasteiger partial charge in [-0.25, -0.2) is 0 Å². The molecule has 1 rings (SSSR count). The van der Waals surface area contributed by atoms with Gasteiger partial charge in [0, 0.05) is 6.20 Å². The average molecular weight is 147 g/mol. The van der Waals surface area contributed by atoms with Crippen LogP contribution in [0, 0.1) is 11.5 Å². The van der Waals surface area contributed by atoms with Gasteiger partial charge in [0.15, 0.2) is 6.19 Å². The Bertz CT molecular complexity index is 160. The Morgan fingerprint density at radius 2 is 2.75 bits per heavy atom. The zero-order valence-corrected chi connectivity index (χ0v) is 5.54. The molecule has 0 aromatic rings. The zero-order chi connectivity index (χ0) is 5.98. The minimum Gasteiger partial charge on any atom is -0.274 e. The molecule has 0 saturated heterocycles. The van der Waals surface area contributed by atoms with Gasteiger partial charge >= 0.3 is 0 Å². The topological polar surface area (TPSA) is 27.0 Å². The quantitative estimate of drug-likeness (QED) is 0.485. The smallest absolute Gasteiger partial charge is 0.184 e. The maximum Gasteiger partial charge on any atom is 0.184 e. The van der Waals surface area contributed by atoms with E-state index in [4.69, 9.17) is 16.9 Å². The van der Waals surface area contributed by atoms with Crippen molar-refractivity contribution in [3.05, 3.63) is 10.6 Å². The standard InChI is InChI=1S/C4H3ClN2S/c5-4-1-7(2-6)3-8-4/h1H,3H2. The van der Waals surface area contributed by atoms with Gasteiger partial charge in [0.1, 0.15) is 0 Å². The fourth-order valence-corrected chi connectivity index (χ4v) is 1.25. The van der Waals surface area contributed by atoms with Crippen LogP contribution in [-0.4, -0.2) is 10.8 Å². The minimum atomic E-state index is 0.662. The number of hydrogen-bond donors (Lipinski definition) is 0. The Hall–Kier alpha value is -0.330. The van der Waals surface area contributed by atoms with E-state index in [0.717, 1.165) is 0 Å². The molecule has 4 heteroatoms. The molecule has 0 aromatic carbocycles. The Kier molecular flexibility index (Phi) is 1.66. The summed E-state index contributed by atoms with van der Waals surface area (Å²) in [6, 6.07) is 0. The van der Waals surface area contributed by atoms with Gasteiger partial charge in [-0.05, 0) is 0 Å². The normalized spacial score (nSPS) is 18.0. The first-order valence-electron chi connectivity index (χ1n) is 1.99. The lowest BCUT2D eigenvalue weighted by molar-refractivity contribution is 0.634. The van der Waals surface area contributed by atoms with Crippen molar-refractivity contribution in [2.75, 3.05) is 5.88 Å². The number of halogens is 1. The summed E-state index contributed by atoms with van der Waals surface area (Å²) < 4.78 is 0.687. The summed E-state index contributed by atoms with van der Waals surface area (Å²) in [5.41, 5.74) is 0. The monoisotopic (exact) mass is 146 g/mol. The summed E-state index contributed by atoms with van der Waals surface area (Å²) in [5, 5.41) is 8.24. The molecule has 0 saturated carbocycles. The first-order valence-corrected chi connectivity index (χ1v) is 3.36. The predicted molar refractivity (Wildman–Crippen MR) is 33.8 cm³/mol. The third kappa shape index (κ3) is 1.09. The van der Waals surface area contributed by atoms with Crippen LogP contribution in [0.5, 0.6) is 0 Å². The van der Waals surface area contributed by atoms with Gasteiger partial charge in [-0.3, -0.25) is 4.90 Å². The molecule has 0 bridgehead atoms. The summed E-state index contributed by atoms with van der Waals surface area (Å²) in [5.74, 6) is 0.662. The lowest BCUT2D eigenvalue weighted by atomic mass is 10.8. The van der Waals surface area contributed by atoms with Crippen molar-refractivity contribution < 1.29 is 0 Å². The predicted octanol–water partition coefficient (Wildman–Crippen LogP) is 1.51. The van der Waals surface area contributed by atoms with Gasteiger partial charge in [0.2, 0.25) is 0 Å². The van der Waals surface area contributed by atoms with E-state index in [1.54, 1.807) is 6.20 Å².